The van der Waals surface area contributed by atoms with Crippen molar-refractivity contribution >= 4 is 17.6 Å². The summed E-state index contributed by atoms with van der Waals surface area (Å²) in [6.07, 6.45) is 4.99. The Morgan fingerprint density at radius 3 is 2.65 bits per heavy atom. The van der Waals surface area contributed by atoms with Gasteiger partial charge in [0.1, 0.15) is 12.8 Å². The van der Waals surface area contributed by atoms with Gasteiger partial charge in [0, 0.05) is 18.0 Å². The molecule has 0 bridgehead atoms. The summed E-state index contributed by atoms with van der Waals surface area (Å²) in [6.45, 7) is 4.10. The van der Waals surface area contributed by atoms with Crippen LogP contribution in [0.5, 0.6) is 0 Å². The molecule has 1 fully saturated rings. The topological polar surface area (TPSA) is 75.4 Å². The Morgan fingerprint density at radius 1 is 1.45 bits per heavy atom. The summed E-state index contributed by atoms with van der Waals surface area (Å²) in [5.74, 6) is 0.245. The SMILES string of the molecule is CCC(CC)C(=O)N(CC(=O)Nc1ccon1)C1CC1. The van der Waals surface area contributed by atoms with Gasteiger partial charge in [-0.05, 0) is 25.7 Å². The molecule has 1 aliphatic rings. The second kappa shape index (κ2) is 6.54. The number of aromatic nitrogens is 1. The van der Waals surface area contributed by atoms with Crippen molar-refractivity contribution in [1.29, 1.82) is 0 Å². The van der Waals surface area contributed by atoms with Gasteiger partial charge in [-0.2, -0.15) is 0 Å². The molecule has 0 atom stereocenters. The van der Waals surface area contributed by atoms with Gasteiger partial charge in [0.25, 0.3) is 0 Å². The lowest BCUT2D eigenvalue weighted by Crippen LogP contribution is -2.42. The monoisotopic (exact) mass is 279 g/mol. The highest BCUT2D eigenvalue weighted by atomic mass is 16.5. The molecule has 0 aromatic carbocycles. The van der Waals surface area contributed by atoms with Gasteiger partial charge in [0.15, 0.2) is 5.82 Å². The minimum Gasteiger partial charge on any atom is -0.363 e. The molecule has 1 heterocycles. The number of carbonyl (C=O) groups excluding carboxylic acids is 2. The zero-order valence-electron chi connectivity index (χ0n) is 12.0. The molecule has 1 aliphatic carbocycles. The lowest BCUT2D eigenvalue weighted by atomic mass is 10.0. The van der Waals surface area contributed by atoms with Crippen molar-refractivity contribution in [2.45, 2.75) is 45.6 Å². The number of amides is 2. The second-order valence-electron chi connectivity index (χ2n) is 5.14. The van der Waals surface area contributed by atoms with E-state index in [2.05, 4.69) is 15.0 Å². The van der Waals surface area contributed by atoms with Crippen LogP contribution in [0, 0.1) is 5.92 Å². The highest BCUT2D eigenvalue weighted by Gasteiger charge is 2.35. The van der Waals surface area contributed by atoms with Crippen LogP contribution >= 0.6 is 0 Å². The molecule has 1 saturated carbocycles. The third kappa shape index (κ3) is 3.59. The van der Waals surface area contributed by atoms with Crippen LogP contribution < -0.4 is 5.32 Å². The minimum absolute atomic E-state index is 0.00968. The molecule has 0 radical (unpaired) electrons. The minimum atomic E-state index is -0.231. The van der Waals surface area contributed by atoms with Crippen LogP contribution in [-0.4, -0.2) is 34.5 Å². The second-order valence-corrected chi connectivity index (χ2v) is 5.14. The Kier molecular flexibility index (Phi) is 4.76. The smallest absolute Gasteiger partial charge is 0.245 e. The molecule has 20 heavy (non-hydrogen) atoms. The van der Waals surface area contributed by atoms with E-state index >= 15 is 0 Å². The number of nitrogens with zero attached hydrogens (tertiary/aromatic N) is 2. The summed E-state index contributed by atoms with van der Waals surface area (Å²) in [6, 6.07) is 1.80. The summed E-state index contributed by atoms with van der Waals surface area (Å²) in [5.41, 5.74) is 0. The summed E-state index contributed by atoms with van der Waals surface area (Å²) < 4.78 is 4.66. The van der Waals surface area contributed by atoms with E-state index in [1.54, 1.807) is 11.0 Å². The van der Waals surface area contributed by atoms with Crippen molar-refractivity contribution in [3.63, 3.8) is 0 Å². The van der Waals surface area contributed by atoms with Gasteiger partial charge in [-0.1, -0.05) is 19.0 Å². The largest absolute Gasteiger partial charge is 0.363 e. The van der Waals surface area contributed by atoms with Gasteiger partial charge in [0.05, 0.1) is 0 Å². The Balaban J connectivity index is 1.95. The molecule has 0 saturated heterocycles. The molecular weight excluding hydrogens is 258 g/mol. The summed E-state index contributed by atoms with van der Waals surface area (Å²) >= 11 is 0. The average Bonchev–Trinajstić information content (AvgIpc) is 3.15. The Hall–Kier alpha value is -1.85. The standard InChI is InChI=1S/C14H21N3O3/c1-3-10(4-2)14(19)17(11-5-6-11)9-13(18)15-12-7-8-20-16-12/h7-8,10-11H,3-6,9H2,1-2H3,(H,15,16,18). The molecule has 110 valence electrons. The van der Waals surface area contributed by atoms with Gasteiger partial charge in [-0.3, -0.25) is 9.59 Å². The zero-order chi connectivity index (χ0) is 14.5. The zero-order valence-corrected chi connectivity index (χ0v) is 12.0. The van der Waals surface area contributed by atoms with Gasteiger partial charge in [0.2, 0.25) is 11.8 Å². The number of hydrogen-bond donors (Lipinski definition) is 1. The lowest BCUT2D eigenvalue weighted by Gasteiger charge is -2.25. The first-order chi connectivity index (χ1) is 9.65. The molecule has 1 aromatic heterocycles. The van der Waals surface area contributed by atoms with E-state index in [9.17, 15) is 9.59 Å². The number of anilines is 1. The van der Waals surface area contributed by atoms with E-state index in [0.717, 1.165) is 25.7 Å². The molecule has 6 nitrogen and oxygen atoms in total. The van der Waals surface area contributed by atoms with Gasteiger partial charge in [-0.25, -0.2) is 0 Å². The van der Waals surface area contributed by atoms with Crippen LogP contribution in [0.15, 0.2) is 16.9 Å². The molecule has 2 amide bonds. The normalized spacial score (nSPS) is 14.3. The van der Waals surface area contributed by atoms with Crippen molar-refractivity contribution < 1.29 is 14.1 Å². The Morgan fingerprint density at radius 2 is 2.15 bits per heavy atom. The van der Waals surface area contributed by atoms with Crippen LogP contribution in [0.25, 0.3) is 0 Å². The van der Waals surface area contributed by atoms with Crippen LogP contribution in [0.4, 0.5) is 5.82 Å². The maximum Gasteiger partial charge on any atom is 0.245 e. The Labute approximate surface area is 118 Å². The predicted molar refractivity (Wildman–Crippen MR) is 73.9 cm³/mol. The third-order valence-corrected chi connectivity index (χ3v) is 3.62. The average molecular weight is 279 g/mol. The van der Waals surface area contributed by atoms with Crippen LogP contribution in [-0.2, 0) is 9.59 Å². The first kappa shape index (κ1) is 14.6. The number of hydrogen-bond acceptors (Lipinski definition) is 4. The summed E-state index contributed by atoms with van der Waals surface area (Å²) in [7, 11) is 0. The van der Waals surface area contributed by atoms with Crippen molar-refractivity contribution in [3.8, 4) is 0 Å². The highest BCUT2D eigenvalue weighted by molar-refractivity contribution is 5.94. The fourth-order valence-corrected chi connectivity index (χ4v) is 2.26. The Bertz CT molecular complexity index is 450. The number of nitrogens with one attached hydrogen (secondary N) is 1. The first-order valence-corrected chi connectivity index (χ1v) is 7.16. The highest BCUT2D eigenvalue weighted by Crippen LogP contribution is 2.29. The van der Waals surface area contributed by atoms with Crippen molar-refractivity contribution in [1.82, 2.24) is 10.1 Å². The molecule has 1 N–H and O–H groups in total. The van der Waals surface area contributed by atoms with E-state index in [1.807, 2.05) is 13.8 Å². The van der Waals surface area contributed by atoms with E-state index in [4.69, 9.17) is 0 Å². The fraction of sp³-hybridized carbons (Fsp3) is 0.643. The quantitative estimate of drug-likeness (QED) is 0.828. The van der Waals surface area contributed by atoms with E-state index < -0.39 is 0 Å². The predicted octanol–water partition coefficient (Wildman–Crippen LogP) is 2.04. The summed E-state index contributed by atoms with van der Waals surface area (Å²) in [4.78, 5) is 26.1. The van der Waals surface area contributed by atoms with Crippen molar-refractivity contribution in [3.05, 3.63) is 12.3 Å². The van der Waals surface area contributed by atoms with Gasteiger partial charge < -0.3 is 14.7 Å². The summed E-state index contributed by atoms with van der Waals surface area (Å²) in [5, 5.41) is 6.25. The molecule has 2 rings (SSSR count). The number of carbonyl (C=O) groups is 2. The van der Waals surface area contributed by atoms with E-state index in [1.165, 1.54) is 6.26 Å². The number of rotatable bonds is 7. The molecule has 1 aromatic rings. The van der Waals surface area contributed by atoms with E-state index in [-0.39, 0.29) is 30.3 Å². The maximum absolute atomic E-state index is 12.4. The molecule has 0 spiro atoms. The van der Waals surface area contributed by atoms with Crippen molar-refractivity contribution in [2.75, 3.05) is 11.9 Å². The van der Waals surface area contributed by atoms with Crippen molar-refractivity contribution in [2.24, 2.45) is 5.92 Å². The molecule has 6 heteroatoms. The first-order valence-electron chi connectivity index (χ1n) is 7.16. The van der Waals surface area contributed by atoms with Gasteiger partial charge in [-0.15, -0.1) is 0 Å². The van der Waals surface area contributed by atoms with Crippen LogP contribution in [0.3, 0.4) is 0 Å². The van der Waals surface area contributed by atoms with Crippen LogP contribution in [0.1, 0.15) is 39.5 Å². The maximum atomic E-state index is 12.4. The van der Waals surface area contributed by atoms with Gasteiger partial charge >= 0.3 is 0 Å². The molecule has 0 aliphatic heterocycles. The van der Waals surface area contributed by atoms with Crippen LogP contribution in [0.2, 0.25) is 0 Å². The fourth-order valence-electron chi connectivity index (χ4n) is 2.26. The van der Waals surface area contributed by atoms with E-state index in [0.29, 0.717) is 5.82 Å². The molecule has 0 unspecified atom stereocenters. The lowest BCUT2D eigenvalue weighted by molar-refractivity contribution is -0.139. The molecular formula is C14H21N3O3. The third-order valence-electron chi connectivity index (χ3n) is 3.62.